The van der Waals surface area contributed by atoms with Crippen molar-refractivity contribution < 1.29 is 9.53 Å². The molecule has 0 aromatic carbocycles. The number of nitrogens with one attached hydrogen (secondary N) is 1. The smallest absolute Gasteiger partial charge is 0.233 e. The number of thiocarbonyl (C=S) groups is 1. The Labute approximate surface area is 116 Å². The summed E-state index contributed by atoms with van der Waals surface area (Å²) < 4.78 is 5.54. The quantitative estimate of drug-likeness (QED) is 0.665. The molecule has 0 aromatic heterocycles. The Morgan fingerprint density at radius 3 is 2.11 bits per heavy atom. The Morgan fingerprint density at radius 1 is 1.28 bits per heavy atom. The lowest BCUT2D eigenvalue weighted by Crippen LogP contribution is -2.51. The maximum Gasteiger partial charge on any atom is 0.233 e. The lowest BCUT2D eigenvalue weighted by molar-refractivity contribution is -0.129. The number of ether oxygens (including phenoxy) is 1. The van der Waals surface area contributed by atoms with Crippen LogP contribution >= 0.6 is 12.2 Å². The van der Waals surface area contributed by atoms with Crippen molar-refractivity contribution in [3.63, 3.8) is 0 Å². The highest BCUT2D eigenvalue weighted by Gasteiger charge is 2.38. The van der Waals surface area contributed by atoms with E-state index in [9.17, 15) is 4.79 Å². The molecule has 0 rings (SSSR count). The summed E-state index contributed by atoms with van der Waals surface area (Å²) in [5, 5.41) is 2.90. The highest BCUT2D eigenvalue weighted by atomic mass is 32.1. The van der Waals surface area contributed by atoms with Gasteiger partial charge in [0.25, 0.3) is 0 Å². The molecule has 0 fully saturated rings. The number of amides is 1. The van der Waals surface area contributed by atoms with E-state index < -0.39 is 5.41 Å². The van der Waals surface area contributed by atoms with Crippen molar-refractivity contribution in [1.29, 1.82) is 0 Å². The molecule has 0 aliphatic carbocycles. The monoisotopic (exact) mass is 274 g/mol. The average molecular weight is 274 g/mol. The van der Waals surface area contributed by atoms with E-state index in [1.807, 2.05) is 34.6 Å². The average Bonchev–Trinajstić information content (AvgIpc) is 2.28. The van der Waals surface area contributed by atoms with Gasteiger partial charge in [-0.2, -0.15) is 0 Å². The Morgan fingerprint density at radius 2 is 1.78 bits per heavy atom. The highest BCUT2D eigenvalue weighted by Crippen LogP contribution is 2.27. The number of nitrogens with two attached hydrogens (primary N) is 1. The zero-order chi connectivity index (χ0) is 14.4. The Bertz CT molecular complexity index is 299. The molecule has 3 N–H and O–H groups in total. The van der Waals surface area contributed by atoms with Gasteiger partial charge in [0.05, 0.1) is 16.0 Å². The fraction of sp³-hybridized carbons (Fsp3) is 0.846. The summed E-state index contributed by atoms with van der Waals surface area (Å²) >= 11 is 5.05. The van der Waals surface area contributed by atoms with Crippen LogP contribution in [0.3, 0.4) is 0 Å². The second-order valence-electron chi connectivity index (χ2n) is 5.03. The van der Waals surface area contributed by atoms with Gasteiger partial charge in [-0.1, -0.05) is 26.1 Å². The summed E-state index contributed by atoms with van der Waals surface area (Å²) in [6, 6.07) is 0. The van der Waals surface area contributed by atoms with Gasteiger partial charge in [-0.25, -0.2) is 0 Å². The third-order valence-corrected chi connectivity index (χ3v) is 3.71. The number of carbonyl (C=O) groups excluding carboxylic acids is 1. The van der Waals surface area contributed by atoms with Gasteiger partial charge in [0.1, 0.15) is 0 Å². The van der Waals surface area contributed by atoms with Gasteiger partial charge < -0.3 is 15.8 Å². The van der Waals surface area contributed by atoms with E-state index in [1.165, 1.54) is 0 Å². The van der Waals surface area contributed by atoms with Crippen molar-refractivity contribution in [1.82, 2.24) is 5.32 Å². The Kier molecular flexibility index (Phi) is 6.78. The normalized spacial score (nSPS) is 12.3. The molecule has 0 bridgehead atoms. The first kappa shape index (κ1) is 17.3. The molecule has 18 heavy (non-hydrogen) atoms. The van der Waals surface area contributed by atoms with E-state index in [1.54, 1.807) is 0 Å². The molecule has 0 heterocycles. The molecule has 0 unspecified atom stereocenters. The summed E-state index contributed by atoms with van der Waals surface area (Å²) in [5.74, 6) is -0.104. The molecule has 0 spiro atoms. The number of carbonyl (C=O) groups is 1. The van der Waals surface area contributed by atoms with Gasteiger partial charge in [-0.3, -0.25) is 4.79 Å². The number of hydrogen-bond acceptors (Lipinski definition) is 3. The van der Waals surface area contributed by atoms with E-state index in [0.717, 1.165) is 0 Å². The van der Waals surface area contributed by atoms with Crippen molar-refractivity contribution >= 4 is 23.1 Å². The minimum atomic E-state index is -0.738. The molecule has 5 heteroatoms. The van der Waals surface area contributed by atoms with Crippen molar-refractivity contribution in [2.45, 2.75) is 53.1 Å². The zero-order valence-electron chi connectivity index (χ0n) is 12.1. The van der Waals surface area contributed by atoms with E-state index in [-0.39, 0.29) is 16.5 Å². The van der Waals surface area contributed by atoms with Gasteiger partial charge in [-0.05, 0) is 33.6 Å². The van der Waals surface area contributed by atoms with Gasteiger partial charge in [0.2, 0.25) is 5.91 Å². The Balaban J connectivity index is 4.69. The molecule has 0 radical (unpaired) electrons. The van der Waals surface area contributed by atoms with Crippen LogP contribution in [-0.4, -0.2) is 29.6 Å². The van der Waals surface area contributed by atoms with Gasteiger partial charge in [0.15, 0.2) is 0 Å². The second kappa shape index (κ2) is 7.04. The van der Waals surface area contributed by atoms with Gasteiger partial charge in [-0.15, -0.1) is 0 Å². The SMILES string of the molecule is CCOC(C)(C)CNC(=O)C(CC)(CC)C(N)=S. The molecule has 4 nitrogen and oxygen atoms in total. The number of hydrogen-bond donors (Lipinski definition) is 2. The molecule has 106 valence electrons. The van der Waals surface area contributed by atoms with Crippen LogP contribution in [0.5, 0.6) is 0 Å². The summed E-state index contributed by atoms with van der Waals surface area (Å²) in [7, 11) is 0. The van der Waals surface area contributed by atoms with Crippen molar-refractivity contribution in [2.75, 3.05) is 13.2 Å². The fourth-order valence-electron chi connectivity index (χ4n) is 1.94. The predicted octanol–water partition coefficient (Wildman–Crippen LogP) is 2.01. The fourth-order valence-corrected chi connectivity index (χ4v) is 2.32. The first-order valence-corrected chi connectivity index (χ1v) is 6.88. The molecule has 0 saturated carbocycles. The third-order valence-electron chi connectivity index (χ3n) is 3.32. The molecule has 1 amide bonds. The summed E-state index contributed by atoms with van der Waals surface area (Å²) in [6.07, 6.45) is 1.22. The summed E-state index contributed by atoms with van der Waals surface area (Å²) in [5.41, 5.74) is 4.61. The van der Waals surface area contributed by atoms with Crippen LogP contribution in [0.4, 0.5) is 0 Å². The second-order valence-corrected chi connectivity index (χ2v) is 5.47. The van der Waals surface area contributed by atoms with Crippen LogP contribution in [0.2, 0.25) is 0 Å². The van der Waals surface area contributed by atoms with Crippen molar-refractivity contribution in [2.24, 2.45) is 11.1 Å². The van der Waals surface area contributed by atoms with E-state index in [4.69, 9.17) is 22.7 Å². The molecule has 0 aliphatic heterocycles. The summed E-state index contributed by atoms with van der Waals surface area (Å²) in [4.78, 5) is 12.5. The minimum Gasteiger partial charge on any atom is -0.392 e. The van der Waals surface area contributed by atoms with Crippen LogP contribution in [-0.2, 0) is 9.53 Å². The first-order valence-electron chi connectivity index (χ1n) is 6.48. The van der Waals surface area contributed by atoms with Crippen LogP contribution in [0, 0.1) is 5.41 Å². The summed E-state index contributed by atoms with van der Waals surface area (Å²) in [6.45, 7) is 10.7. The van der Waals surface area contributed by atoms with E-state index in [0.29, 0.717) is 26.0 Å². The van der Waals surface area contributed by atoms with Gasteiger partial charge >= 0.3 is 0 Å². The highest BCUT2D eigenvalue weighted by molar-refractivity contribution is 7.80. The largest absolute Gasteiger partial charge is 0.392 e. The van der Waals surface area contributed by atoms with E-state index in [2.05, 4.69) is 5.32 Å². The number of rotatable bonds is 8. The van der Waals surface area contributed by atoms with Crippen LogP contribution < -0.4 is 11.1 Å². The maximum absolute atomic E-state index is 12.3. The molecular weight excluding hydrogens is 248 g/mol. The predicted molar refractivity (Wildman–Crippen MR) is 78.5 cm³/mol. The maximum atomic E-state index is 12.3. The molecule has 0 atom stereocenters. The zero-order valence-corrected chi connectivity index (χ0v) is 12.9. The standard InChI is InChI=1S/C13H26N2O2S/c1-6-13(7-2,10(14)18)11(16)15-9-12(4,5)17-8-3/h6-9H2,1-5H3,(H2,14,18)(H,15,16). The molecule has 0 aliphatic rings. The lowest BCUT2D eigenvalue weighted by Gasteiger charge is -2.31. The van der Waals surface area contributed by atoms with Crippen molar-refractivity contribution in [3.05, 3.63) is 0 Å². The molecule has 0 saturated heterocycles. The van der Waals surface area contributed by atoms with Crippen LogP contribution in [0.1, 0.15) is 47.5 Å². The van der Waals surface area contributed by atoms with Crippen LogP contribution in [0.25, 0.3) is 0 Å². The van der Waals surface area contributed by atoms with Crippen molar-refractivity contribution in [3.8, 4) is 0 Å². The lowest BCUT2D eigenvalue weighted by atomic mass is 9.81. The van der Waals surface area contributed by atoms with Gasteiger partial charge in [0, 0.05) is 13.2 Å². The minimum absolute atomic E-state index is 0.104. The topological polar surface area (TPSA) is 64.3 Å². The van der Waals surface area contributed by atoms with E-state index >= 15 is 0 Å². The Hall–Kier alpha value is -0.680. The molecular formula is C13H26N2O2S. The first-order chi connectivity index (χ1) is 8.25. The third kappa shape index (κ3) is 4.21. The van der Waals surface area contributed by atoms with Crippen LogP contribution in [0.15, 0.2) is 0 Å². The molecule has 0 aromatic rings.